The molecule has 1 aromatic carbocycles. The van der Waals surface area contributed by atoms with Crippen LogP contribution in [0, 0.1) is 11.3 Å². The summed E-state index contributed by atoms with van der Waals surface area (Å²) in [6.07, 6.45) is 2.68. The summed E-state index contributed by atoms with van der Waals surface area (Å²) in [5, 5.41) is 9.16. The number of carbonyl (C=O) groups is 2. The number of hydrogen-bond acceptors (Lipinski definition) is 5. The number of rotatable bonds is 5. The maximum Gasteiger partial charge on any atom is 0.354 e. The Morgan fingerprint density at radius 2 is 1.89 bits per heavy atom. The van der Waals surface area contributed by atoms with Crippen LogP contribution in [0.1, 0.15) is 41.9 Å². The molecule has 1 aromatic heterocycles. The Morgan fingerprint density at radius 3 is 2.57 bits per heavy atom. The van der Waals surface area contributed by atoms with Crippen molar-refractivity contribution in [1.82, 2.24) is 9.47 Å². The molecule has 0 saturated carbocycles. The number of likely N-dealkylation sites (tertiary alicyclic amines) is 1. The zero-order valence-electron chi connectivity index (χ0n) is 16.0. The smallest absolute Gasteiger partial charge is 0.354 e. The number of piperidine rings is 1. The number of nitrogens with zero attached hydrogens (tertiary/aromatic N) is 3. The molecule has 0 radical (unpaired) electrons. The lowest BCUT2D eigenvalue weighted by Gasteiger charge is -2.34. The Labute approximate surface area is 164 Å². The van der Waals surface area contributed by atoms with Crippen molar-refractivity contribution in [1.29, 1.82) is 5.26 Å². The van der Waals surface area contributed by atoms with E-state index < -0.39 is 6.10 Å². The van der Waals surface area contributed by atoms with Crippen LogP contribution in [0.25, 0.3) is 0 Å². The molecule has 0 bridgehead atoms. The highest BCUT2D eigenvalue weighted by atomic mass is 16.5. The van der Waals surface area contributed by atoms with Gasteiger partial charge in [-0.2, -0.15) is 5.26 Å². The molecule has 7 heteroatoms. The molecule has 1 aliphatic heterocycles. The van der Waals surface area contributed by atoms with E-state index in [0.29, 0.717) is 30.1 Å². The second kappa shape index (κ2) is 8.61. The number of esters is 1. The monoisotopic (exact) mass is 381 g/mol. The molecule has 0 N–H and O–H groups in total. The molecule has 1 unspecified atom stereocenters. The van der Waals surface area contributed by atoms with Crippen molar-refractivity contribution in [2.45, 2.75) is 31.9 Å². The summed E-state index contributed by atoms with van der Waals surface area (Å²) in [7, 11) is 1.37. The highest BCUT2D eigenvalue weighted by molar-refractivity contribution is 5.87. The normalized spacial score (nSPS) is 15.5. The Morgan fingerprint density at radius 1 is 1.18 bits per heavy atom. The first kappa shape index (κ1) is 19.5. The number of hydrogen-bond donors (Lipinski definition) is 0. The molecule has 1 atom stereocenters. The van der Waals surface area contributed by atoms with Gasteiger partial charge in [0.05, 0.1) is 12.7 Å². The summed E-state index contributed by atoms with van der Waals surface area (Å²) < 4.78 is 12.5. The van der Waals surface area contributed by atoms with Gasteiger partial charge in [0.2, 0.25) is 0 Å². The van der Waals surface area contributed by atoms with E-state index in [1.807, 2.05) is 16.8 Å². The van der Waals surface area contributed by atoms with Crippen LogP contribution in [0.5, 0.6) is 5.75 Å². The Kier molecular flexibility index (Phi) is 5.99. The number of para-hydroxylation sites is 1. The van der Waals surface area contributed by atoms with Crippen LogP contribution in [0.3, 0.4) is 0 Å². The summed E-state index contributed by atoms with van der Waals surface area (Å²) in [4.78, 5) is 26.4. The molecule has 7 nitrogen and oxygen atoms in total. The van der Waals surface area contributed by atoms with Gasteiger partial charge < -0.3 is 18.9 Å². The molecule has 28 heavy (non-hydrogen) atoms. The molecule has 0 spiro atoms. The second-order valence-corrected chi connectivity index (χ2v) is 6.72. The molecule has 2 aromatic rings. The fraction of sp³-hybridized carbons (Fsp3) is 0.381. The van der Waals surface area contributed by atoms with E-state index in [9.17, 15) is 9.59 Å². The van der Waals surface area contributed by atoms with E-state index in [4.69, 9.17) is 14.7 Å². The molecule has 2 heterocycles. The van der Waals surface area contributed by atoms with Crippen LogP contribution in [-0.4, -0.2) is 47.6 Å². The Balaban J connectivity index is 1.60. The molecule has 1 amide bonds. The molecular weight excluding hydrogens is 358 g/mol. The van der Waals surface area contributed by atoms with Crippen LogP contribution >= 0.6 is 0 Å². The van der Waals surface area contributed by atoms with Gasteiger partial charge in [0.1, 0.15) is 17.5 Å². The lowest BCUT2D eigenvalue weighted by Crippen LogP contribution is -2.45. The highest BCUT2D eigenvalue weighted by Crippen LogP contribution is 2.26. The number of methoxy groups -OCH3 is 1. The first-order valence-corrected chi connectivity index (χ1v) is 9.25. The minimum atomic E-state index is -0.678. The highest BCUT2D eigenvalue weighted by Gasteiger charge is 2.29. The molecule has 146 valence electrons. The first-order chi connectivity index (χ1) is 13.5. The maximum atomic E-state index is 12.8. The number of carbonyl (C=O) groups excluding carboxylic acids is 2. The van der Waals surface area contributed by atoms with E-state index >= 15 is 0 Å². The van der Waals surface area contributed by atoms with Gasteiger partial charge in [0.15, 0.2) is 6.10 Å². The van der Waals surface area contributed by atoms with Crippen molar-refractivity contribution < 1.29 is 19.1 Å². The summed E-state index contributed by atoms with van der Waals surface area (Å²) in [6, 6.07) is 12.7. The number of benzene rings is 1. The Bertz CT molecular complexity index is 891. The minimum absolute atomic E-state index is 0.105. The fourth-order valence-corrected chi connectivity index (χ4v) is 3.51. The molecule has 1 saturated heterocycles. The van der Waals surface area contributed by atoms with E-state index in [0.717, 1.165) is 12.8 Å². The standard InChI is InChI=1S/C21H23N3O4/c1-15(28-19-8-4-3-6-16(19)14-22)20(25)23-12-9-17(10-13-23)24-11-5-7-18(24)21(26)27-2/h3-8,11,15,17H,9-10,12-13H2,1-2H3. The minimum Gasteiger partial charge on any atom is -0.480 e. The fourth-order valence-electron chi connectivity index (χ4n) is 3.51. The van der Waals surface area contributed by atoms with Gasteiger partial charge in [-0.15, -0.1) is 0 Å². The first-order valence-electron chi connectivity index (χ1n) is 9.25. The third-order valence-electron chi connectivity index (χ3n) is 5.00. The summed E-state index contributed by atoms with van der Waals surface area (Å²) in [5.74, 6) is -0.0515. The third kappa shape index (κ3) is 4.01. The number of aromatic nitrogens is 1. The number of amides is 1. The second-order valence-electron chi connectivity index (χ2n) is 6.72. The van der Waals surface area contributed by atoms with Crippen molar-refractivity contribution in [2.24, 2.45) is 0 Å². The SMILES string of the molecule is COC(=O)c1cccn1C1CCN(C(=O)C(C)Oc2ccccc2C#N)CC1. The average Bonchev–Trinajstić information content (AvgIpc) is 3.23. The van der Waals surface area contributed by atoms with Crippen molar-refractivity contribution in [3.8, 4) is 11.8 Å². The van der Waals surface area contributed by atoms with Gasteiger partial charge in [0.25, 0.3) is 5.91 Å². The molecule has 0 aliphatic carbocycles. The molecule has 1 aliphatic rings. The predicted molar refractivity (Wildman–Crippen MR) is 102 cm³/mol. The zero-order valence-corrected chi connectivity index (χ0v) is 16.0. The molecular formula is C21H23N3O4. The van der Waals surface area contributed by atoms with Crippen LogP contribution in [0.2, 0.25) is 0 Å². The van der Waals surface area contributed by atoms with Gasteiger partial charge in [-0.1, -0.05) is 12.1 Å². The summed E-state index contributed by atoms with van der Waals surface area (Å²) in [6.45, 7) is 2.86. The number of nitriles is 1. The lowest BCUT2D eigenvalue weighted by atomic mass is 10.0. The van der Waals surface area contributed by atoms with Gasteiger partial charge in [-0.25, -0.2) is 4.79 Å². The van der Waals surface area contributed by atoms with Crippen LogP contribution in [-0.2, 0) is 9.53 Å². The third-order valence-corrected chi connectivity index (χ3v) is 5.00. The van der Waals surface area contributed by atoms with Crippen molar-refractivity contribution in [3.63, 3.8) is 0 Å². The van der Waals surface area contributed by atoms with Crippen LogP contribution < -0.4 is 4.74 Å². The summed E-state index contributed by atoms with van der Waals surface area (Å²) >= 11 is 0. The van der Waals surface area contributed by atoms with E-state index in [1.54, 1.807) is 42.2 Å². The number of ether oxygens (including phenoxy) is 2. The molecule has 1 fully saturated rings. The van der Waals surface area contributed by atoms with Gasteiger partial charge in [-0.3, -0.25) is 4.79 Å². The lowest BCUT2D eigenvalue weighted by molar-refractivity contribution is -0.139. The van der Waals surface area contributed by atoms with Crippen LogP contribution in [0.15, 0.2) is 42.6 Å². The predicted octanol–water partition coefficient (Wildman–Crippen LogP) is 2.78. The average molecular weight is 381 g/mol. The summed E-state index contributed by atoms with van der Waals surface area (Å²) in [5.41, 5.74) is 0.931. The van der Waals surface area contributed by atoms with Crippen molar-refractivity contribution in [3.05, 3.63) is 53.9 Å². The largest absolute Gasteiger partial charge is 0.480 e. The molecule has 3 rings (SSSR count). The topological polar surface area (TPSA) is 84.6 Å². The van der Waals surface area contributed by atoms with Crippen molar-refractivity contribution in [2.75, 3.05) is 20.2 Å². The maximum absolute atomic E-state index is 12.8. The Hall–Kier alpha value is -3.27. The van der Waals surface area contributed by atoms with E-state index in [1.165, 1.54) is 7.11 Å². The zero-order chi connectivity index (χ0) is 20.1. The quantitative estimate of drug-likeness (QED) is 0.744. The van der Waals surface area contributed by atoms with E-state index in [2.05, 4.69) is 6.07 Å². The van der Waals surface area contributed by atoms with Gasteiger partial charge in [0, 0.05) is 25.3 Å². The van der Waals surface area contributed by atoms with Gasteiger partial charge >= 0.3 is 5.97 Å². The van der Waals surface area contributed by atoms with Crippen molar-refractivity contribution >= 4 is 11.9 Å². The van der Waals surface area contributed by atoms with Gasteiger partial charge in [-0.05, 0) is 44.0 Å². The van der Waals surface area contributed by atoms with E-state index in [-0.39, 0.29) is 17.9 Å². The van der Waals surface area contributed by atoms with Crippen LogP contribution in [0.4, 0.5) is 0 Å².